The van der Waals surface area contributed by atoms with Gasteiger partial charge in [0.1, 0.15) is 4.47 Å². The molecule has 0 aliphatic carbocycles. The Balaban J connectivity index is 2.89. The van der Waals surface area contributed by atoms with Crippen molar-refractivity contribution in [1.82, 2.24) is 10.2 Å². The van der Waals surface area contributed by atoms with E-state index in [1.807, 2.05) is 0 Å². The highest BCUT2D eigenvalue weighted by molar-refractivity contribution is 9.10. The van der Waals surface area contributed by atoms with Crippen molar-refractivity contribution in [3.05, 3.63) is 21.0 Å². The van der Waals surface area contributed by atoms with Crippen molar-refractivity contribution >= 4 is 21.6 Å². The normalized spacial score (nSPS) is 12.5. The minimum Gasteiger partial charge on any atom is -0.394 e. The van der Waals surface area contributed by atoms with Gasteiger partial charge >= 0.3 is 0 Å². The van der Waals surface area contributed by atoms with E-state index in [0.29, 0.717) is 10.2 Å². The van der Waals surface area contributed by atoms with E-state index in [4.69, 9.17) is 5.11 Å². The number of aromatic nitrogens is 2. The van der Waals surface area contributed by atoms with E-state index in [0.717, 1.165) is 0 Å². The summed E-state index contributed by atoms with van der Waals surface area (Å²) in [5.41, 5.74) is 0.278. The van der Waals surface area contributed by atoms with Crippen LogP contribution in [0.4, 0.5) is 5.69 Å². The van der Waals surface area contributed by atoms with Gasteiger partial charge in [0, 0.05) is 6.04 Å². The Morgan fingerprint density at radius 2 is 2.54 bits per heavy atom. The summed E-state index contributed by atoms with van der Waals surface area (Å²) >= 11 is 3.11. The first kappa shape index (κ1) is 10.2. The Hall–Kier alpha value is -0.880. The van der Waals surface area contributed by atoms with Crippen LogP contribution in [0, 0.1) is 0 Å². The second-order valence-corrected chi connectivity index (χ2v) is 3.45. The first-order chi connectivity index (χ1) is 6.15. The average molecular weight is 248 g/mol. The molecule has 0 bridgehead atoms. The molecule has 3 N–H and O–H groups in total. The smallest absolute Gasteiger partial charge is 0.280 e. The van der Waals surface area contributed by atoms with Crippen molar-refractivity contribution in [2.75, 3.05) is 11.9 Å². The van der Waals surface area contributed by atoms with Gasteiger partial charge in [0.2, 0.25) is 0 Å². The van der Waals surface area contributed by atoms with Crippen LogP contribution in [0.2, 0.25) is 0 Å². The summed E-state index contributed by atoms with van der Waals surface area (Å²) in [6.07, 6.45) is 1.48. The molecule has 0 spiro atoms. The first-order valence-corrected chi connectivity index (χ1v) is 4.55. The van der Waals surface area contributed by atoms with E-state index in [2.05, 4.69) is 31.4 Å². The maximum Gasteiger partial charge on any atom is 0.280 e. The molecule has 1 rings (SSSR count). The number of aliphatic hydroxyl groups is 1. The van der Waals surface area contributed by atoms with Crippen molar-refractivity contribution in [3.63, 3.8) is 0 Å². The summed E-state index contributed by atoms with van der Waals surface area (Å²) in [6, 6.07) is -0.111. The maximum absolute atomic E-state index is 11.0. The molecule has 1 aromatic heterocycles. The fraction of sp³-hybridized carbons (Fsp3) is 0.429. The molecule has 0 aromatic carbocycles. The molecule has 1 atom stereocenters. The van der Waals surface area contributed by atoms with Gasteiger partial charge in [-0.15, -0.1) is 0 Å². The summed E-state index contributed by atoms with van der Waals surface area (Å²) in [5.74, 6) is 0. The number of hydrogen-bond donors (Lipinski definition) is 3. The lowest BCUT2D eigenvalue weighted by atomic mass is 10.3. The number of H-pyrrole nitrogens is 1. The first-order valence-electron chi connectivity index (χ1n) is 3.75. The number of nitrogens with zero attached hydrogens (tertiary/aromatic N) is 1. The molecule has 0 amide bonds. The van der Waals surface area contributed by atoms with E-state index in [9.17, 15) is 4.79 Å². The van der Waals surface area contributed by atoms with Crippen LogP contribution in [-0.2, 0) is 0 Å². The molecule has 5 nitrogen and oxygen atoms in total. The van der Waals surface area contributed by atoms with Gasteiger partial charge in [0.25, 0.3) is 5.56 Å². The molecular formula is C7H10BrN3O2. The van der Waals surface area contributed by atoms with Gasteiger partial charge < -0.3 is 10.4 Å². The molecule has 0 fully saturated rings. The van der Waals surface area contributed by atoms with Gasteiger partial charge in [-0.1, -0.05) is 0 Å². The van der Waals surface area contributed by atoms with Crippen molar-refractivity contribution in [2.24, 2.45) is 0 Å². The molecule has 1 aromatic rings. The van der Waals surface area contributed by atoms with Crippen LogP contribution in [0.5, 0.6) is 0 Å². The summed E-state index contributed by atoms with van der Waals surface area (Å²) in [4.78, 5) is 11.0. The summed E-state index contributed by atoms with van der Waals surface area (Å²) in [5, 5.41) is 17.6. The Morgan fingerprint density at radius 3 is 3.15 bits per heavy atom. The molecule has 6 heteroatoms. The van der Waals surface area contributed by atoms with Crippen molar-refractivity contribution in [3.8, 4) is 0 Å². The van der Waals surface area contributed by atoms with Gasteiger partial charge in [-0.05, 0) is 22.9 Å². The molecular weight excluding hydrogens is 238 g/mol. The average Bonchev–Trinajstić information content (AvgIpc) is 2.13. The predicted molar refractivity (Wildman–Crippen MR) is 52.7 cm³/mol. The zero-order valence-corrected chi connectivity index (χ0v) is 8.63. The minimum atomic E-state index is -0.296. The van der Waals surface area contributed by atoms with Crippen LogP contribution in [-0.4, -0.2) is 28.0 Å². The summed E-state index contributed by atoms with van der Waals surface area (Å²) in [6.45, 7) is 1.80. The number of aliphatic hydroxyl groups excluding tert-OH is 1. The standard InChI is InChI=1S/C7H10BrN3O2/c1-4(3-12)10-5-2-9-11-7(13)6(5)8/h2,4,12H,3H2,1H3,(H2,10,11,13). The Kier molecular flexibility index (Phi) is 3.44. The second kappa shape index (κ2) is 4.38. The van der Waals surface area contributed by atoms with Crippen molar-refractivity contribution in [1.29, 1.82) is 0 Å². The van der Waals surface area contributed by atoms with Gasteiger partial charge in [-0.25, -0.2) is 5.10 Å². The van der Waals surface area contributed by atoms with Crippen LogP contribution in [0.25, 0.3) is 0 Å². The molecule has 72 valence electrons. The molecule has 0 aliphatic heterocycles. The lowest BCUT2D eigenvalue weighted by Gasteiger charge is -2.12. The topological polar surface area (TPSA) is 78.0 Å². The van der Waals surface area contributed by atoms with Gasteiger partial charge in [0.05, 0.1) is 18.5 Å². The number of halogens is 1. The summed E-state index contributed by atoms with van der Waals surface area (Å²) in [7, 11) is 0. The van der Waals surface area contributed by atoms with Crippen LogP contribution >= 0.6 is 15.9 Å². The van der Waals surface area contributed by atoms with E-state index in [1.165, 1.54) is 6.20 Å². The van der Waals surface area contributed by atoms with Crippen LogP contribution in [0.15, 0.2) is 15.5 Å². The fourth-order valence-corrected chi connectivity index (χ4v) is 1.10. The predicted octanol–water partition coefficient (Wildman–Crippen LogP) is 0.325. The summed E-state index contributed by atoms with van der Waals surface area (Å²) < 4.78 is 0.391. The highest BCUT2D eigenvalue weighted by Crippen LogP contribution is 2.15. The van der Waals surface area contributed by atoms with Crippen molar-refractivity contribution < 1.29 is 5.11 Å². The molecule has 0 radical (unpaired) electrons. The maximum atomic E-state index is 11.0. The number of rotatable bonds is 3. The third kappa shape index (κ3) is 2.53. The van der Waals surface area contributed by atoms with Crippen molar-refractivity contribution in [2.45, 2.75) is 13.0 Å². The second-order valence-electron chi connectivity index (χ2n) is 2.65. The molecule has 0 saturated carbocycles. The number of aromatic amines is 1. The lowest BCUT2D eigenvalue weighted by molar-refractivity contribution is 0.281. The fourth-order valence-electron chi connectivity index (χ4n) is 0.795. The Bertz CT molecular complexity index is 339. The van der Waals surface area contributed by atoms with Crippen LogP contribution in [0.3, 0.4) is 0 Å². The highest BCUT2D eigenvalue weighted by atomic mass is 79.9. The number of anilines is 1. The number of hydrogen-bond acceptors (Lipinski definition) is 4. The monoisotopic (exact) mass is 247 g/mol. The van der Waals surface area contributed by atoms with E-state index >= 15 is 0 Å². The zero-order valence-electron chi connectivity index (χ0n) is 7.04. The third-order valence-electron chi connectivity index (χ3n) is 1.47. The lowest BCUT2D eigenvalue weighted by Crippen LogP contribution is -2.22. The minimum absolute atomic E-state index is 0.000755. The molecule has 1 heterocycles. The quantitative estimate of drug-likeness (QED) is 0.720. The third-order valence-corrected chi connectivity index (χ3v) is 2.26. The van der Waals surface area contributed by atoms with Gasteiger partial charge in [-0.2, -0.15) is 5.10 Å². The van der Waals surface area contributed by atoms with E-state index in [1.54, 1.807) is 6.92 Å². The highest BCUT2D eigenvalue weighted by Gasteiger charge is 2.06. The zero-order chi connectivity index (χ0) is 9.84. The van der Waals surface area contributed by atoms with Gasteiger partial charge in [-0.3, -0.25) is 4.79 Å². The van der Waals surface area contributed by atoms with E-state index < -0.39 is 0 Å². The SMILES string of the molecule is CC(CO)Nc1cn[nH]c(=O)c1Br. The van der Waals surface area contributed by atoms with Crippen LogP contribution in [0.1, 0.15) is 6.92 Å². The molecule has 0 aliphatic rings. The molecule has 0 saturated heterocycles. The molecule has 1 unspecified atom stereocenters. The van der Waals surface area contributed by atoms with Gasteiger partial charge in [0.15, 0.2) is 0 Å². The number of nitrogens with one attached hydrogen (secondary N) is 2. The Morgan fingerprint density at radius 1 is 1.85 bits per heavy atom. The van der Waals surface area contributed by atoms with Crippen LogP contribution < -0.4 is 10.9 Å². The van der Waals surface area contributed by atoms with E-state index in [-0.39, 0.29) is 18.2 Å². The Labute approximate surface area is 83.3 Å². The molecule has 13 heavy (non-hydrogen) atoms. The largest absolute Gasteiger partial charge is 0.394 e.